The monoisotopic (exact) mass is 427 g/mol. The van der Waals surface area contributed by atoms with Crippen LogP contribution in [0, 0.1) is 17.3 Å². The third kappa shape index (κ3) is 2.84. The third-order valence-electron chi connectivity index (χ3n) is 6.61. The molecule has 2 saturated carbocycles. The maximum atomic E-state index is 12.6. The number of carbonyl (C=O) groups excluding carboxylic acids is 1. The lowest BCUT2D eigenvalue weighted by atomic mass is 9.55. The normalized spacial score (nSPS) is 37.2. The number of Topliss-reactive ketones (excluding diaryl/α,β-unsaturated/α-hetero) is 1. The minimum Gasteiger partial charge on any atom is -0.371 e. The number of aryl methyl sites for hydroxylation is 1. The molecule has 0 aliphatic heterocycles. The Morgan fingerprint density at radius 1 is 1.32 bits per heavy atom. The highest BCUT2D eigenvalue weighted by Gasteiger charge is 2.57. The molecule has 0 bridgehead atoms. The van der Waals surface area contributed by atoms with Crippen LogP contribution in [0.1, 0.15) is 49.7 Å². The Hall–Kier alpha value is -0.920. The zero-order chi connectivity index (χ0) is 18.0. The molecule has 3 aliphatic carbocycles. The summed E-state index contributed by atoms with van der Waals surface area (Å²) in [5.74, 6) is 2.03. The molecule has 1 aromatic carbocycles. The zero-order valence-electron chi connectivity index (χ0n) is 14.1. The first-order chi connectivity index (χ1) is 11.7. The highest BCUT2D eigenvalue weighted by atomic mass is 79.9. The Bertz CT molecular complexity index is 839. The molecule has 2 fully saturated rings. The molecule has 136 valence electrons. The largest absolute Gasteiger partial charge is 0.380 e. The molecular weight excluding hydrogens is 406 g/mol. The summed E-state index contributed by atoms with van der Waals surface area (Å²) in [6.45, 7) is 2.15. The molecule has 5 atom stereocenters. The van der Waals surface area contributed by atoms with Crippen LogP contribution < -0.4 is 9.32 Å². The second-order valence-electron chi connectivity index (χ2n) is 7.88. The number of halogens is 1. The first-order valence-electron chi connectivity index (χ1n) is 8.72. The van der Waals surface area contributed by atoms with Crippen LogP contribution in [-0.2, 0) is 21.5 Å². The minimum absolute atomic E-state index is 0.00631. The van der Waals surface area contributed by atoms with Crippen LogP contribution >= 0.6 is 15.9 Å². The smallest absolute Gasteiger partial charge is 0.371 e. The molecule has 1 aromatic rings. The third-order valence-corrected chi connectivity index (χ3v) is 7.82. The van der Waals surface area contributed by atoms with Gasteiger partial charge in [-0.1, -0.05) is 28.9 Å². The molecular formula is C18H22BrNO4S. The van der Waals surface area contributed by atoms with Gasteiger partial charge in [-0.05, 0) is 73.1 Å². The van der Waals surface area contributed by atoms with Crippen LogP contribution in [0.25, 0.3) is 0 Å². The predicted octanol–water partition coefficient (Wildman–Crippen LogP) is 3.07. The fourth-order valence-electron chi connectivity index (χ4n) is 5.49. The molecule has 0 aromatic heterocycles. The Balaban J connectivity index is 1.65. The van der Waals surface area contributed by atoms with Crippen LogP contribution in [0.2, 0.25) is 0 Å². The topological polar surface area (TPSA) is 86.5 Å². The van der Waals surface area contributed by atoms with Crippen molar-refractivity contribution in [2.75, 3.05) is 0 Å². The van der Waals surface area contributed by atoms with Crippen molar-refractivity contribution in [2.24, 2.45) is 22.4 Å². The van der Waals surface area contributed by atoms with Gasteiger partial charge < -0.3 is 4.18 Å². The Morgan fingerprint density at radius 2 is 2.08 bits per heavy atom. The Kier molecular flexibility index (Phi) is 4.05. The number of alkyl halides is 1. The van der Waals surface area contributed by atoms with Crippen molar-refractivity contribution in [1.29, 1.82) is 0 Å². The van der Waals surface area contributed by atoms with Crippen LogP contribution in [0.4, 0.5) is 0 Å². The van der Waals surface area contributed by atoms with Crippen molar-refractivity contribution in [1.82, 2.24) is 0 Å². The standard InChI is InChI=1S/C18H22BrNO4S/c1-18-7-6-13-12-5-3-11(24-25(20,22)23)8-10(12)2-4-14(13)15(18)9-16(19)17(18)21/h3,5,8,13-16H,2,4,6-7,9H2,1H3,(H2,20,22,23)/t13-,14-,15+,16-,18+/m1/s1. The summed E-state index contributed by atoms with van der Waals surface area (Å²) in [7, 11) is -4.00. The zero-order valence-corrected chi connectivity index (χ0v) is 16.5. The summed E-state index contributed by atoms with van der Waals surface area (Å²) in [4.78, 5) is 12.6. The van der Waals surface area contributed by atoms with Gasteiger partial charge in [-0.3, -0.25) is 4.79 Å². The number of carbonyl (C=O) groups is 1. The quantitative estimate of drug-likeness (QED) is 0.734. The average molecular weight is 428 g/mol. The van der Waals surface area contributed by atoms with Crippen molar-refractivity contribution in [3.05, 3.63) is 29.3 Å². The van der Waals surface area contributed by atoms with Gasteiger partial charge in [0.2, 0.25) is 0 Å². The summed E-state index contributed by atoms with van der Waals surface area (Å²) in [6.07, 6.45) is 4.77. The fraction of sp³-hybridized carbons (Fsp3) is 0.611. The van der Waals surface area contributed by atoms with E-state index in [1.807, 2.05) is 6.07 Å². The van der Waals surface area contributed by atoms with Gasteiger partial charge in [-0.25, -0.2) is 0 Å². The van der Waals surface area contributed by atoms with Crippen LogP contribution in [0.3, 0.4) is 0 Å². The number of hydrogen-bond acceptors (Lipinski definition) is 4. The van der Waals surface area contributed by atoms with E-state index in [4.69, 9.17) is 9.32 Å². The molecule has 0 saturated heterocycles. The molecule has 3 aliphatic rings. The first-order valence-corrected chi connectivity index (χ1v) is 11.1. The van der Waals surface area contributed by atoms with E-state index in [9.17, 15) is 13.2 Å². The molecule has 0 amide bonds. The van der Waals surface area contributed by atoms with Crippen LogP contribution in [-0.4, -0.2) is 19.0 Å². The SMILES string of the molecule is C[C@]12CC[C@@H]3c4ccc(OS(N)(=O)=O)cc4CC[C@H]3[C@@H]1C[C@@H](Br)C2=O. The van der Waals surface area contributed by atoms with E-state index in [-0.39, 0.29) is 16.0 Å². The van der Waals surface area contributed by atoms with Crippen molar-refractivity contribution in [3.63, 3.8) is 0 Å². The van der Waals surface area contributed by atoms with Gasteiger partial charge in [0.15, 0.2) is 5.78 Å². The lowest BCUT2D eigenvalue weighted by Gasteiger charge is -2.48. The first kappa shape index (κ1) is 17.5. The van der Waals surface area contributed by atoms with Gasteiger partial charge in [0, 0.05) is 5.41 Å². The van der Waals surface area contributed by atoms with E-state index < -0.39 is 10.3 Å². The molecule has 2 N–H and O–H groups in total. The highest BCUT2D eigenvalue weighted by molar-refractivity contribution is 9.10. The number of fused-ring (bicyclic) bond motifs is 5. The predicted molar refractivity (Wildman–Crippen MR) is 97.9 cm³/mol. The van der Waals surface area contributed by atoms with Crippen LogP contribution in [0.5, 0.6) is 5.75 Å². The van der Waals surface area contributed by atoms with E-state index >= 15 is 0 Å². The minimum atomic E-state index is -4.00. The molecule has 0 unspecified atom stereocenters. The van der Waals surface area contributed by atoms with Crippen LogP contribution in [0.15, 0.2) is 18.2 Å². The van der Waals surface area contributed by atoms with Gasteiger partial charge >= 0.3 is 10.3 Å². The number of ketones is 1. The molecule has 25 heavy (non-hydrogen) atoms. The molecule has 7 heteroatoms. The number of benzene rings is 1. The van der Waals surface area contributed by atoms with Gasteiger partial charge in [0.05, 0.1) is 4.83 Å². The lowest BCUT2D eigenvalue weighted by Crippen LogP contribution is -2.42. The Morgan fingerprint density at radius 3 is 2.80 bits per heavy atom. The molecule has 0 spiro atoms. The summed E-state index contributed by atoms with van der Waals surface area (Å²) in [5, 5.41) is 4.96. The van der Waals surface area contributed by atoms with E-state index in [0.717, 1.165) is 37.7 Å². The molecule has 5 nitrogen and oxygen atoms in total. The Labute approximate surface area is 156 Å². The van der Waals surface area contributed by atoms with E-state index in [1.165, 1.54) is 5.56 Å². The van der Waals surface area contributed by atoms with E-state index in [0.29, 0.717) is 23.5 Å². The van der Waals surface area contributed by atoms with Crippen molar-refractivity contribution >= 4 is 32.0 Å². The summed E-state index contributed by atoms with van der Waals surface area (Å²) >= 11 is 3.58. The molecule has 4 rings (SSSR count). The average Bonchev–Trinajstić information content (AvgIpc) is 2.76. The second kappa shape index (κ2) is 5.79. The highest BCUT2D eigenvalue weighted by Crippen LogP contribution is 2.60. The number of rotatable bonds is 2. The van der Waals surface area contributed by atoms with Gasteiger partial charge in [0.1, 0.15) is 5.75 Å². The van der Waals surface area contributed by atoms with Crippen molar-refractivity contribution < 1.29 is 17.4 Å². The van der Waals surface area contributed by atoms with E-state index in [2.05, 4.69) is 22.9 Å². The lowest BCUT2D eigenvalue weighted by molar-refractivity contribution is -0.128. The summed E-state index contributed by atoms with van der Waals surface area (Å²) in [6, 6.07) is 5.47. The van der Waals surface area contributed by atoms with Gasteiger partial charge in [0.25, 0.3) is 0 Å². The maximum Gasteiger partial charge on any atom is 0.380 e. The number of nitrogens with two attached hydrogens (primary N) is 1. The van der Waals surface area contributed by atoms with E-state index in [1.54, 1.807) is 12.1 Å². The van der Waals surface area contributed by atoms with Crippen molar-refractivity contribution in [3.8, 4) is 5.75 Å². The van der Waals surface area contributed by atoms with Gasteiger partial charge in [-0.2, -0.15) is 13.6 Å². The fourth-order valence-corrected chi connectivity index (χ4v) is 6.79. The molecule has 0 radical (unpaired) electrons. The maximum absolute atomic E-state index is 12.6. The number of hydrogen-bond donors (Lipinski definition) is 1. The second-order valence-corrected chi connectivity index (χ2v) is 10.1. The van der Waals surface area contributed by atoms with Crippen molar-refractivity contribution in [2.45, 2.75) is 49.8 Å². The molecule has 0 heterocycles. The van der Waals surface area contributed by atoms with Gasteiger partial charge in [-0.15, -0.1) is 0 Å². The summed E-state index contributed by atoms with van der Waals surface area (Å²) < 4.78 is 27.1. The summed E-state index contributed by atoms with van der Waals surface area (Å²) in [5.41, 5.74) is 2.24.